The molecule has 1 saturated heterocycles. The number of alkyl carbamates (subject to hydrolysis) is 1. The Morgan fingerprint density at radius 2 is 1.47 bits per heavy atom. The molecule has 180 valence electrons. The van der Waals surface area contributed by atoms with Gasteiger partial charge in [-0.3, -0.25) is 14.4 Å². The maximum absolute atomic E-state index is 13.3. The van der Waals surface area contributed by atoms with E-state index >= 15 is 0 Å². The van der Waals surface area contributed by atoms with Gasteiger partial charge in [0.2, 0.25) is 5.92 Å². The number of ketones is 1. The zero-order valence-electron chi connectivity index (χ0n) is 19.9. The average Bonchev–Trinajstić information content (AvgIpc) is 2.71. The first-order chi connectivity index (χ1) is 15.8. The molecule has 1 aliphatic heterocycles. The summed E-state index contributed by atoms with van der Waals surface area (Å²) in [5, 5.41) is 2.50. The summed E-state index contributed by atoms with van der Waals surface area (Å²) in [6.07, 6.45) is -0.808. The lowest BCUT2D eigenvalue weighted by Crippen LogP contribution is -2.55. The van der Waals surface area contributed by atoms with Crippen LogP contribution in [-0.2, 0) is 35.0 Å². The SMILES string of the molecule is CC(C)(C)OC(=O)NC(Cc1ccc(-c2ccccc2)cc1)C(=O)C1C(=O)OC(C)(C)OC1=O. The highest BCUT2D eigenvalue weighted by molar-refractivity contribution is 6.17. The minimum absolute atomic E-state index is 0.0353. The van der Waals surface area contributed by atoms with Crippen LogP contribution in [0.4, 0.5) is 4.79 Å². The van der Waals surface area contributed by atoms with Crippen molar-refractivity contribution in [3.63, 3.8) is 0 Å². The molecule has 1 heterocycles. The van der Waals surface area contributed by atoms with E-state index in [9.17, 15) is 19.2 Å². The van der Waals surface area contributed by atoms with Crippen molar-refractivity contribution in [1.82, 2.24) is 5.32 Å². The van der Waals surface area contributed by atoms with Gasteiger partial charge in [0.05, 0.1) is 6.04 Å². The number of cyclic esters (lactones) is 2. The highest BCUT2D eigenvalue weighted by Gasteiger charge is 2.49. The highest BCUT2D eigenvalue weighted by atomic mass is 16.7. The summed E-state index contributed by atoms with van der Waals surface area (Å²) in [6, 6.07) is 16.0. The summed E-state index contributed by atoms with van der Waals surface area (Å²) in [6.45, 7) is 7.85. The standard InChI is InChI=1S/C26H29NO7/c1-25(2,3)34-24(31)27-19(21(28)20-22(29)32-26(4,5)33-23(20)30)15-16-11-13-18(14-12-16)17-9-7-6-8-10-17/h6-14,19-20H,15H2,1-5H3,(H,27,31). The zero-order chi connectivity index (χ0) is 25.1. The van der Waals surface area contributed by atoms with E-state index in [0.717, 1.165) is 11.1 Å². The maximum atomic E-state index is 13.3. The van der Waals surface area contributed by atoms with Gasteiger partial charge < -0.3 is 19.5 Å². The van der Waals surface area contributed by atoms with Gasteiger partial charge in [-0.05, 0) is 43.9 Å². The second-order valence-electron chi connectivity index (χ2n) is 9.54. The van der Waals surface area contributed by atoms with Crippen LogP contribution < -0.4 is 5.32 Å². The highest BCUT2D eigenvalue weighted by Crippen LogP contribution is 2.26. The number of hydrogen-bond acceptors (Lipinski definition) is 7. The van der Waals surface area contributed by atoms with E-state index in [2.05, 4.69) is 5.32 Å². The summed E-state index contributed by atoms with van der Waals surface area (Å²) in [4.78, 5) is 50.6. The molecule has 1 unspecified atom stereocenters. The third-order valence-electron chi connectivity index (χ3n) is 4.98. The Morgan fingerprint density at radius 1 is 0.941 bits per heavy atom. The lowest BCUT2D eigenvalue weighted by atomic mass is 9.92. The Hall–Kier alpha value is -3.68. The first-order valence-corrected chi connectivity index (χ1v) is 11.0. The Labute approximate surface area is 198 Å². The number of esters is 2. The number of hydrogen-bond donors (Lipinski definition) is 1. The quantitative estimate of drug-likeness (QED) is 0.508. The first-order valence-electron chi connectivity index (χ1n) is 11.0. The number of rotatable bonds is 6. The van der Waals surface area contributed by atoms with E-state index in [1.54, 1.807) is 20.8 Å². The van der Waals surface area contributed by atoms with E-state index in [1.807, 2.05) is 54.6 Å². The number of ether oxygens (including phenoxy) is 3. The molecule has 0 saturated carbocycles. The van der Waals surface area contributed by atoms with Crippen LogP contribution in [0.2, 0.25) is 0 Å². The zero-order valence-corrected chi connectivity index (χ0v) is 19.9. The molecule has 8 heteroatoms. The van der Waals surface area contributed by atoms with Crippen molar-refractivity contribution < 1.29 is 33.4 Å². The number of carbonyl (C=O) groups is 4. The molecule has 0 bridgehead atoms. The summed E-state index contributed by atoms with van der Waals surface area (Å²) in [5.74, 6) is -6.12. The number of amides is 1. The fraction of sp³-hybridized carbons (Fsp3) is 0.385. The predicted molar refractivity (Wildman–Crippen MR) is 123 cm³/mol. The van der Waals surface area contributed by atoms with Crippen molar-refractivity contribution in [2.75, 3.05) is 0 Å². The smallest absolute Gasteiger partial charge is 0.408 e. The summed E-state index contributed by atoms with van der Waals surface area (Å²) >= 11 is 0. The topological polar surface area (TPSA) is 108 Å². The van der Waals surface area contributed by atoms with Crippen molar-refractivity contribution in [2.45, 2.75) is 58.5 Å². The van der Waals surface area contributed by atoms with Crippen LogP contribution >= 0.6 is 0 Å². The summed E-state index contributed by atoms with van der Waals surface area (Å²) in [7, 11) is 0. The van der Waals surface area contributed by atoms with Gasteiger partial charge in [0.25, 0.3) is 5.79 Å². The van der Waals surface area contributed by atoms with E-state index in [4.69, 9.17) is 14.2 Å². The number of benzene rings is 2. The number of Topliss-reactive ketones (excluding diaryl/α,β-unsaturated/α-hetero) is 1. The summed E-state index contributed by atoms with van der Waals surface area (Å²) < 4.78 is 15.4. The van der Waals surface area contributed by atoms with Gasteiger partial charge in [0, 0.05) is 13.8 Å². The second-order valence-corrected chi connectivity index (χ2v) is 9.54. The van der Waals surface area contributed by atoms with Crippen LogP contribution in [0.3, 0.4) is 0 Å². The van der Waals surface area contributed by atoms with Crippen molar-refractivity contribution in [3.8, 4) is 11.1 Å². The Bertz CT molecular complexity index is 1050. The molecule has 3 rings (SSSR count). The molecule has 34 heavy (non-hydrogen) atoms. The molecule has 8 nitrogen and oxygen atoms in total. The molecule has 2 aromatic rings. The maximum Gasteiger partial charge on any atom is 0.408 e. The van der Waals surface area contributed by atoms with Gasteiger partial charge >= 0.3 is 18.0 Å². The van der Waals surface area contributed by atoms with Gasteiger partial charge in [-0.15, -0.1) is 0 Å². The minimum Gasteiger partial charge on any atom is -0.444 e. The van der Waals surface area contributed by atoms with Crippen molar-refractivity contribution in [2.24, 2.45) is 5.92 Å². The van der Waals surface area contributed by atoms with Gasteiger partial charge in [0.15, 0.2) is 5.78 Å². The molecule has 0 spiro atoms. The monoisotopic (exact) mass is 467 g/mol. The van der Waals surface area contributed by atoms with Gasteiger partial charge in [-0.2, -0.15) is 0 Å². The van der Waals surface area contributed by atoms with Crippen LogP contribution in [0.1, 0.15) is 40.2 Å². The molecule has 1 amide bonds. The normalized spacial score (nSPS) is 16.7. The summed E-state index contributed by atoms with van der Waals surface area (Å²) in [5.41, 5.74) is 1.92. The van der Waals surface area contributed by atoms with Gasteiger partial charge in [-0.25, -0.2) is 4.79 Å². The van der Waals surface area contributed by atoms with Crippen LogP contribution in [-0.4, -0.2) is 41.2 Å². The third-order valence-corrected chi connectivity index (χ3v) is 4.98. The van der Waals surface area contributed by atoms with Crippen molar-refractivity contribution in [1.29, 1.82) is 0 Å². The van der Waals surface area contributed by atoms with Crippen LogP contribution in [0.25, 0.3) is 11.1 Å². The lowest BCUT2D eigenvalue weighted by molar-refractivity contribution is -0.238. The largest absolute Gasteiger partial charge is 0.444 e. The Morgan fingerprint density at radius 3 is 2.00 bits per heavy atom. The van der Waals surface area contributed by atoms with Crippen LogP contribution in [0.15, 0.2) is 54.6 Å². The fourth-order valence-corrected chi connectivity index (χ4v) is 3.53. The molecule has 0 aliphatic carbocycles. The van der Waals surface area contributed by atoms with Gasteiger partial charge in [-0.1, -0.05) is 54.6 Å². The molecule has 1 fully saturated rings. The first kappa shape index (κ1) is 25.0. The minimum atomic E-state index is -1.79. The number of carbonyl (C=O) groups excluding carboxylic acids is 4. The third kappa shape index (κ3) is 6.43. The van der Waals surface area contributed by atoms with E-state index in [-0.39, 0.29) is 6.42 Å². The Balaban J connectivity index is 1.83. The van der Waals surface area contributed by atoms with E-state index < -0.39 is 47.2 Å². The molecule has 2 aromatic carbocycles. The fourth-order valence-electron chi connectivity index (χ4n) is 3.53. The van der Waals surface area contributed by atoms with Crippen molar-refractivity contribution in [3.05, 3.63) is 60.2 Å². The van der Waals surface area contributed by atoms with E-state index in [1.165, 1.54) is 13.8 Å². The molecule has 0 radical (unpaired) electrons. The lowest BCUT2D eigenvalue weighted by Gasteiger charge is -2.33. The molecule has 0 aromatic heterocycles. The molecule has 1 N–H and O–H groups in total. The average molecular weight is 468 g/mol. The molecular weight excluding hydrogens is 438 g/mol. The van der Waals surface area contributed by atoms with Crippen molar-refractivity contribution >= 4 is 23.8 Å². The van der Waals surface area contributed by atoms with Gasteiger partial charge in [0.1, 0.15) is 5.60 Å². The predicted octanol–water partition coefficient (Wildman–Crippen LogP) is 3.81. The van der Waals surface area contributed by atoms with Crippen LogP contribution in [0.5, 0.6) is 0 Å². The Kier molecular flexibility index (Phi) is 7.09. The van der Waals surface area contributed by atoms with Crippen LogP contribution in [0, 0.1) is 5.92 Å². The number of nitrogens with one attached hydrogen (secondary N) is 1. The second kappa shape index (κ2) is 9.67. The van der Waals surface area contributed by atoms with E-state index in [0.29, 0.717) is 5.56 Å². The molecule has 1 atom stereocenters. The molecule has 1 aliphatic rings. The molecular formula is C26H29NO7.